The first-order valence-corrected chi connectivity index (χ1v) is 6.94. The largest absolute Gasteiger partial charge is 0.376 e. The lowest BCUT2D eigenvalue weighted by molar-refractivity contribution is -0.0100. The number of ether oxygens (including phenoxy) is 1. The van der Waals surface area contributed by atoms with Crippen molar-refractivity contribution in [2.75, 3.05) is 6.61 Å². The molecule has 0 amide bonds. The summed E-state index contributed by atoms with van der Waals surface area (Å²) >= 11 is 6.24. The van der Waals surface area contributed by atoms with Gasteiger partial charge >= 0.3 is 0 Å². The van der Waals surface area contributed by atoms with Gasteiger partial charge in [0.25, 0.3) is 0 Å². The van der Waals surface area contributed by atoms with Crippen LogP contribution in [0, 0.1) is 0 Å². The fourth-order valence-corrected chi connectivity index (χ4v) is 2.72. The first kappa shape index (κ1) is 13.8. The van der Waals surface area contributed by atoms with Crippen LogP contribution in [0.25, 0.3) is 0 Å². The zero-order valence-electron chi connectivity index (χ0n) is 10.7. The monoisotopic (exact) mass is 272 g/mol. The predicted octanol–water partition coefficient (Wildman–Crippen LogP) is 2.02. The molecule has 102 valence electrons. The Kier molecular flexibility index (Phi) is 5.00. The maximum atomic E-state index is 6.24. The van der Waals surface area contributed by atoms with Gasteiger partial charge in [0.1, 0.15) is 0 Å². The molecule has 1 aliphatic heterocycles. The molecule has 2 unspecified atom stereocenters. The van der Waals surface area contributed by atoms with Crippen LogP contribution in [-0.4, -0.2) is 22.5 Å². The Hall–Kier alpha value is -0.620. The number of hydrogen-bond acceptors (Lipinski definition) is 4. The summed E-state index contributed by atoms with van der Waals surface area (Å²) < 4.78 is 7.72. The van der Waals surface area contributed by atoms with Crippen LogP contribution in [-0.2, 0) is 11.3 Å². The molecule has 0 aliphatic carbocycles. The van der Waals surface area contributed by atoms with Crippen molar-refractivity contribution in [3.63, 3.8) is 0 Å². The lowest BCUT2D eigenvalue weighted by Gasteiger charge is -2.30. The molecule has 0 spiro atoms. The number of nitrogens with zero attached hydrogens (tertiary/aromatic N) is 2. The number of aromatic nitrogens is 2. The van der Waals surface area contributed by atoms with Gasteiger partial charge in [-0.3, -0.25) is 10.5 Å². The highest BCUT2D eigenvalue weighted by atomic mass is 35.5. The molecule has 2 atom stereocenters. The molecule has 18 heavy (non-hydrogen) atoms. The van der Waals surface area contributed by atoms with E-state index in [1.165, 1.54) is 6.42 Å². The van der Waals surface area contributed by atoms with E-state index in [2.05, 4.69) is 17.4 Å². The summed E-state index contributed by atoms with van der Waals surface area (Å²) in [7, 11) is 0. The van der Waals surface area contributed by atoms with E-state index in [0.29, 0.717) is 5.02 Å². The molecule has 0 saturated carbocycles. The van der Waals surface area contributed by atoms with E-state index in [-0.39, 0.29) is 12.1 Å². The molecule has 5 nitrogen and oxygen atoms in total. The molecule has 1 saturated heterocycles. The summed E-state index contributed by atoms with van der Waals surface area (Å²) in [5, 5.41) is 4.96. The third-order valence-corrected chi connectivity index (χ3v) is 3.62. The summed E-state index contributed by atoms with van der Waals surface area (Å²) in [5.74, 6) is 5.70. The highest BCUT2D eigenvalue weighted by Gasteiger charge is 2.29. The van der Waals surface area contributed by atoms with Gasteiger partial charge in [-0.15, -0.1) is 0 Å². The molecule has 0 bridgehead atoms. The fraction of sp³-hybridized carbons (Fsp3) is 0.750. The van der Waals surface area contributed by atoms with Crippen LogP contribution >= 0.6 is 11.6 Å². The van der Waals surface area contributed by atoms with Gasteiger partial charge in [0.2, 0.25) is 0 Å². The second-order valence-electron chi connectivity index (χ2n) is 4.65. The smallest absolute Gasteiger partial charge is 0.0905 e. The van der Waals surface area contributed by atoms with Crippen molar-refractivity contribution in [2.45, 2.75) is 51.3 Å². The fourth-order valence-electron chi connectivity index (χ4n) is 2.46. The quantitative estimate of drug-likeness (QED) is 0.636. The van der Waals surface area contributed by atoms with Crippen LogP contribution in [0.15, 0.2) is 6.20 Å². The lowest BCUT2D eigenvalue weighted by Crippen LogP contribution is -2.41. The lowest BCUT2D eigenvalue weighted by atomic mass is 10.00. The van der Waals surface area contributed by atoms with Crippen molar-refractivity contribution < 1.29 is 4.74 Å². The Morgan fingerprint density at radius 3 is 3.11 bits per heavy atom. The van der Waals surface area contributed by atoms with E-state index >= 15 is 0 Å². The summed E-state index contributed by atoms with van der Waals surface area (Å²) in [6, 6.07) is -0.0909. The second-order valence-corrected chi connectivity index (χ2v) is 5.06. The average Bonchev–Trinajstić information content (AvgIpc) is 2.75. The second kappa shape index (κ2) is 6.52. The van der Waals surface area contributed by atoms with Gasteiger partial charge in [0.05, 0.1) is 29.1 Å². The Labute approximate surface area is 113 Å². The highest BCUT2D eigenvalue weighted by Crippen LogP contribution is 2.30. The third kappa shape index (κ3) is 2.85. The number of hydrogen-bond donors (Lipinski definition) is 2. The molecule has 2 rings (SSSR count). The van der Waals surface area contributed by atoms with Crippen molar-refractivity contribution in [1.82, 2.24) is 15.2 Å². The molecular formula is C12H21ClN4O. The summed E-state index contributed by atoms with van der Waals surface area (Å²) in [5.41, 5.74) is 3.78. The minimum atomic E-state index is -0.0909. The molecule has 0 radical (unpaired) electrons. The maximum Gasteiger partial charge on any atom is 0.0905 e. The number of nitrogens with one attached hydrogen (secondary N) is 1. The van der Waals surface area contributed by atoms with Gasteiger partial charge < -0.3 is 4.74 Å². The Morgan fingerprint density at radius 2 is 2.50 bits per heavy atom. The van der Waals surface area contributed by atoms with Gasteiger partial charge in [0, 0.05) is 13.2 Å². The topological polar surface area (TPSA) is 65.1 Å². The third-order valence-electron chi connectivity index (χ3n) is 3.33. The molecule has 1 aromatic rings. The maximum absolute atomic E-state index is 6.24. The molecule has 1 aromatic heterocycles. The minimum Gasteiger partial charge on any atom is -0.376 e. The van der Waals surface area contributed by atoms with E-state index in [1.54, 1.807) is 6.20 Å². The number of aryl methyl sites for hydroxylation is 1. The van der Waals surface area contributed by atoms with Crippen molar-refractivity contribution >= 4 is 11.6 Å². The van der Waals surface area contributed by atoms with Gasteiger partial charge in [-0.2, -0.15) is 5.10 Å². The van der Waals surface area contributed by atoms with Crippen molar-refractivity contribution in [3.05, 3.63) is 16.9 Å². The zero-order chi connectivity index (χ0) is 13.0. The number of halogens is 1. The van der Waals surface area contributed by atoms with E-state index in [1.807, 2.05) is 4.68 Å². The van der Waals surface area contributed by atoms with E-state index in [0.717, 1.165) is 38.1 Å². The van der Waals surface area contributed by atoms with Crippen molar-refractivity contribution in [3.8, 4) is 0 Å². The van der Waals surface area contributed by atoms with Gasteiger partial charge in [0.15, 0.2) is 0 Å². The van der Waals surface area contributed by atoms with Crippen LogP contribution in [0.4, 0.5) is 0 Å². The molecule has 1 fully saturated rings. The standard InChI is InChI=1S/C12H21ClN4O/c1-2-6-17-12(9(13)8-15-17)11(16-14)10-5-3-4-7-18-10/h8,10-11,16H,2-7,14H2,1H3. The first-order chi connectivity index (χ1) is 8.77. The van der Waals surface area contributed by atoms with Crippen LogP contribution in [0.3, 0.4) is 0 Å². The Morgan fingerprint density at radius 1 is 1.67 bits per heavy atom. The van der Waals surface area contributed by atoms with Gasteiger partial charge in [-0.1, -0.05) is 18.5 Å². The van der Waals surface area contributed by atoms with Gasteiger partial charge in [-0.25, -0.2) is 5.43 Å². The van der Waals surface area contributed by atoms with Crippen LogP contribution in [0.1, 0.15) is 44.3 Å². The van der Waals surface area contributed by atoms with E-state index in [4.69, 9.17) is 22.2 Å². The average molecular weight is 273 g/mol. The molecular weight excluding hydrogens is 252 g/mol. The molecule has 6 heteroatoms. The molecule has 2 heterocycles. The van der Waals surface area contributed by atoms with Crippen LogP contribution in [0.2, 0.25) is 5.02 Å². The van der Waals surface area contributed by atoms with Crippen molar-refractivity contribution in [2.24, 2.45) is 5.84 Å². The predicted molar refractivity (Wildman–Crippen MR) is 71.2 cm³/mol. The van der Waals surface area contributed by atoms with Crippen LogP contribution in [0.5, 0.6) is 0 Å². The zero-order valence-corrected chi connectivity index (χ0v) is 11.5. The highest BCUT2D eigenvalue weighted by molar-refractivity contribution is 6.31. The summed E-state index contributed by atoms with van der Waals surface area (Å²) in [4.78, 5) is 0. The van der Waals surface area contributed by atoms with Gasteiger partial charge in [-0.05, 0) is 25.7 Å². The van der Waals surface area contributed by atoms with E-state index < -0.39 is 0 Å². The normalized spacial score (nSPS) is 22.1. The summed E-state index contributed by atoms with van der Waals surface area (Å²) in [6.45, 7) is 3.75. The molecule has 1 aliphatic rings. The number of rotatable bonds is 5. The minimum absolute atomic E-state index is 0.0774. The number of hydrazine groups is 1. The van der Waals surface area contributed by atoms with Crippen molar-refractivity contribution in [1.29, 1.82) is 0 Å². The SMILES string of the molecule is CCCn1ncc(Cl)c1C(NN)C1CCCCO1. The summed E-state index contributed by atoms with van der Waals surface area (Å²) in [6.07, 6.45) is 6.06. The Balaban J connectivity index is 2.22. The molecule has 3 N–H and O–H groups in total. The van der Waals surface area contributed by atoms with E-state index in [9.17, 15) is 0 Å². The first-order valence-electron chi connectivity index (χ1n) is 6.56. The van der Waals surface area contributed by atoms with Crippen LogP contribution < -0.4 is 11.3 Å². The Bertz CT molecular complexity index is 376. The molecule has 0 aromatic carbocycles. The number of nitrogens with two attached hydrogens (primary N) is 1.